The van der Waals surface area contributed by atoms with Gasteiger partial charge in [0.2, 0.25) is 0 Å². The highest BCUT2D eigenvalue weighted by molar-refractivity contribution is 6.31. The van der Waals surface area contributed by atoms with Crippen LogP contribution in [-0.4, -0.2) is 25.5 Å². The molecule has 2 unspecified atom stereocenters. The van der Waals surface area contributed by atoms with Gasteiger partial charge in [0.1, 0.15) is 12.4 Å². The molecule has 1 N–H and O–H groups in total. The Morgan fingerprint density at radius 2 is 1.94 bits per heavy atom. The summed E-state index contributed by atoms with van der Waals surface area (Å²) >= 11 is 6.25. The Balaban J connectivity index is 1.72. The second-order valence-electron chi connectivity index (χ2n) is 8.29. The maximum atomic E-state index is 13.0. The van der Waals surface area contributed by atoms with E-state index in [1.165, 1.54) is 0 Å². The van der Waals surface area contributed by atoms with E-state index in [9.17, 15) is 9.59 Å². The quantitative estimate of drug-likeness (QED) is 0.540. The lowest BCUT2D eigenvalue weighted by Gasteiger charge is -2.38. The number of nitrogens with one attached hydrogen (secondary N) is 1. The van der Waals surface area contributed by atoms with Gasteiger partial charge in [-0.2, -0.15) is 0 Å². The summed E-state index contributed by atoms with van der Waals surface area (Å²) in [6.07, 6.45) is 3.17. The van der Waals surface area contributed by atoms with E-state index in [2.05, 4.69) is 5.32 Å². The van der Waals surface area contributed by atoms with Crippen LogP contribution in [0.25, 0.3) is 0 Å². The van der Waals surface area contributed by atoms with Crippen molar-refractivity contribution in [2.24, 2.45) is 5.92 Å². The van der Waals surface area contributed by atoms with E-state index in [0.29, 0.717) is 40.6 Å². The van der Waals surface area contributed by atoms with Gasteiger partial charge < -0.3 is 19.5 Å². The summed E-state index contributed by atoms with van der Waals surface area (Å²) in [6, 6.07) is 13.0. The van der Waals surface area contributed by atoms with Crippen LogP contribution in [0.4, 0.5) is 0 Å². The largest absolute Gasteiger partial charge is 0.493 e. The van der Waals surface area contributed by atoms with E-state index in [-0.39, 0.29) is 19.0 Å². The number of hydrogen-bond acceptors (Lipinski definition) is 6. The first kappa shape index (κ1) is 23.9. The highest BCUT2D eigenvalue weighted by atomic mass is 35.5. The summed E-state index contributed by atoms with van der Waals surface area (Å²) in [4.78, 5) is 26.0. The average Bonchev–Trinajstić information content (AvgIpc) is 2.83. The number of ketones is 1. The minimum Gasteiger partial charge on any atom is -0.493 e. The molecule has 4 rings (SSSR count). The van der Waals surface area contributed by atoms with Crippen molar-refractivity contribution < 1.29 is 23.8 Å². The third kappa shape index (κ3) is 4.68. The smallest absolute Gasteiger partial charge is 0.336 e. The van der Waals surface area contributed by atoms with Crippen LogP contribution in [0.15, 0.2) is 65.5 Å². The normalized spacial score (nSPS) is 19.6. The lowest BCUT2D eigenvalue weighted by molar-refractivity contribution is -0.139. The first-order valence-corrected chi connectivity index (χ1v) is 11.7. The van der Waals surface area contributed by atoms with Crippen molar-refractivity contribution in [3.8, 4) is 11.5 Å². The fourth-order valence-corrected chi connectivity index (χ4v) is 4.81. The molecule has 2 aromatic carbocycles. The lowest BCUT2D eigenvalue weighted by atomic mass is 9.71. The topological polar surface area (TPSA) is 73.9 Å². The van der Waals surface area contributed by atoms with Gasteiger partial charge in [-0.25, -0.2) is 4.79 Å². The molecule has 178 valence electrons. The molecule has 2 aliphatic rings. The summed E-state index contributed by atoms with van der Waals surface area (Å²) in [6.45, 7) is 4.14. The molecule has 1 heterocycles. The Morgan fingerprint density at radius 3 is 2.68 bits per heavy atom. The van der Waals surface area contributed by atoms with Crippen molar-refractivity contribution in [3.05, 3.63) is 81.7 Å². The highest BCUT2D eigenvalue weighted by Gasteiger charge is 2.43. The van der Waals surface area contributed by atoms with E-state index in [1.807, 2.05) is 55.5 Å². The Kier molecular flexibility index (Phi) is 7.27. The molecule has 0 fully saturated rings. The van der Waals surface area contributed by atoms with Crippen LogP contribution < -0.4 is 14.8 Å². The zero-order valence-corrected chi connectivity index (χ0v) is 20.3. The molecule has 0 amide bonds. The summed E-state index contributed by atoms with van der Waals surface area (Å²) in [7, 11) is 1.56. The highest BCUT2D eigenvalue weighted by Crippen LogP contribution is 2.45. The van der Waals surface area contributed by atoms with Crippen LogP contribution >= 0.6 is 11.6 Å². The van der Waals surface area contributed by atoms with E-state index in [1.54, 1.807) is 14.0 Å². The first-order chi connectivity index (χ1) is 16.4. The maximum absolute atomic E-state index is 13.0. The van der Waals surface area contributed by atoms with Crippen molar-refractivity contribution in [1.82, 2.24) is 5.32 Å². The number of Topliss-reactive ketones (excluding diaryl/α,β-unsaturated/α-hetero) is 1. The number of esters is 1. The second kappa shape index (κ2) is 10.3. The fourth-order valence-electron chi connectivity index (χ4n) is 4.62. The van der Waals surface area contributed by atoms with Gasteiger partial charge in [0.05, 0.1) is 25.2 Å². The Labute approximate surface area is 204 Å². The van der Waals surface area contributed by atoms with E-state index in [4.69, 9.17) is 25.8 Å². The summed E-state index contributed by atoms with van der Waals surface area (Å²) in [5.41, 5.74) is 3.64. The minimum absolute atomic E-state index is 0.0994. The zero-order chi connectivity index (χ0) is 24.2. The summed E-state index contributed by atoms with van der Waals surface area (Å²) in [5.74, 6) is -0.223. The number of carbonyl (C=O) groups is 2. The van der Waals surface area contributed by atoms with Crippen molar-refractivity contribution in [2.45, 2.75) is 39.2 Å². The number of carbonyl (C=O) groups excluding carboxylic acids is 2. The molecule has 7 heteroatoms. The van der Waals surface area contributed by atoms with Crippen molar-refractivity contribution in [3.63, 3.8) is 0 Å². The molecule has 6 nitrogen and oxygen atoms in total. The van der Waals surface area contributed by atoms with Gasteiger partial charge in [-0.3, -0.25) is 4.79 Å². The summed E-state index contributed by atoms with van der Waals surface area (Å²) < 4.78 is 17.0. The Hall–Kier alpha value is -3.25. The lowest BCUT2D eigenvalue weighted by Crippen LogP contribution is -2.40. The molecule has 34 heavy (non-hydrogen) atoms. The SMILES string of the molecule is CCOC(=O)C1=C(C)NC2=CCCC(=O)C2C1c1ccc(OCc2ccccc2Cl)c(OC)c1. The van der Waals surface area contributed by atoms with Gasteiger partial charge in [-0.05, 0) is 44.0 Å². The molecule has 0 aromatic heterocycles. The van der Waals surface area contributed by atoms with Crippen LogP contribution in [0, 0.1) is 5.92 Å². The van der Waals surface area contributed by atoms with Gasteiger partial charge in [0, 0.05) is 34.3 Å². The van der Waals surface area contributed by atoms with Crippen LogP contribution in [0.5, 0.6) is 11.5 Å². The molecular formula is C27H28ClNO5. The number of benzene rings is 2. The van der Waals surface area contributed by atoms with E-state index >= 15 is 0 Å². The molecule has 1 aliphatic carbocycles. The molecule has 0 saturated carbocycles. The van der Waals surface area contributed by atoms with Crippen molar-refractivity contribution in [1.29, 1.82) is 0 Å². The Bertz CT molecular complexity index is 1170. The predicted octanol–water partition coefficient (Wildman–Crippen LogP) is 5.31. The van der Waals surface area contributed by atoms with Crippen molar-refractivity contribution >= 4 is 23.4 Å². The molecule has 0 spiro atoms. The number of ether oxygens (including phenoxy) is 3. The zero-order valence-electron chi connectivity index (χ0n) is 19.5. The number of allylic oxidation sites excluding steroid dienone is 3. The third-order valence-electron chi connectivity index (χ3n) is 6.20. The van der Waals surface area contributed by atoms with Crippen LogP contribution in [0.1, 0.15) is 43.7 Å². The average molecular weight is 482 g/mol. The minimum atomic E-state index is -0.481. The van der Waals surface area contributed by atoms with Gasteiger partial charge in [-0.15, -0.1) is 0 Å². The second-order valence-corrected chi connectivity index (χ2v) is 8.70. The van der Waals surface area contributed by atoms with E-state index in [0.717, 1.165) is 16.8 Å². The van der Waals surface area contributed by atoms with Gasteiger partial charge >= 0.3 is 5.97 Å². The Morgan fingerprint density at radius 1 is 1.15 bits per heavy atom. The molecule has 2 aromatic rings. The number of methoxy groups -OCH3 is 1. The fraction of sp³-hybridized carbons (Fsp3) is 0.333. The van der Waals surface area contributed by atoms with Gasteiger partial charge in [-0.1, -0.05) is 41.9 Å². The van der Waals surface area contributed by atoms with Crippen LogP contribution in [-0.2, 0) is 20.9 Å². The molecular weight excluding hydrogens is 454 g/mol. The molecule has 0 bridgehead atoms. The third-order valence-corrected chi connectivity index (χ3v) is 6.57. The number of rotatable bonds is 7. The summed E-state index contributed by atoms with van der Waals surface area (Å²) in [5, 5.41) is 3.90. The number of halogens is 1. The van der Waals surface area contributed by atoms with Crippen LogP contribution in [0.2, 0.25) is 5.02 Å². The van der Waals surface area contributed by atoms with Crippen LogP contribution in [0.3, 0.4) is 0 Å². The standard InChI is InChI=1S/C27H28ClNO5/c1-4-33-27(31)24-16(2)29-20-10-7-11-21(30)26(20)25(24)17-12-13-22(23(14-17)32-3)34-15-18-8-5-6-9-19(18)28/h5-6,8-10,12-14,25-26,29H,4,7,11,15H2,1-3H3. The van der Waals surface area contributed by atoms with Crippen molar-refractivity contribution in [2.75, 3.05) is 13.7 Å². The predicted molar refractivity (Wildman–Crippen MR) is 130 cm³/mol. The number of fused-ring (bicyclic) bond motifs is 1. The molecule has 1 aliphatic heterocycles. The van der Waals surface area contributed by atoms with Gasteiger partial charge in [0.25, 0.3) is 0 Å². The van der Waals surface area contributed by atoms with Gasteiger partial charge in [0.15, 0.2) is 11.5 Å². The molecule has 2 atom stereocenters. The molecule has 0 radical (unpaired) electrons. The molecule has 0 saturated heterocycles. The number of hydrogen-bond donors (Lipinski definition) is 1. The monoisotopic (exact) mass is 481 g/mol. The maximum Gasteiger partial charge on any atom is 0.336 e. The first-order valence-electron chi connectivity index (χ1n) is 11.4. The van der Waals surface area contributed by atoms with E-state index < -0.39 is 17.8 Å².